The molecule has 162 valence electrons. The van der Waals surface area contributed by atoms with Gasteiger partial charge >= 0.3 is 0 Å². The smallest absolute Gasteiger partial charge is 0.251 e. The Hall–Kier alpha value is -3.44. The number of amides is 1. The molecule has 1 aliphatic carbocycles. The molecule has 5 nitrogen and oxygen atoms in total. The highest BCUT2D eigenvalue weighted by Crippen LogP contribution is 2.36. The number of nitrogens with zero attached hydrogens (tertiary/aromatic N) is 1. The number of fused-ring (bicyclic) bond motifs is 3. The normalized spacial score (nSPS) is 15.8. The Bertz CT molecular complexity index is 1180. The summed E-state index contributed by atoms with van der Waals surface area (Å²) in [7, 11) is 1.68. The molecule has 0 saturated carbocycles. The van der Waals surface area contributed by atoms with Crippen LogP contribution in [-0.4, -0.2) is 42.8 Å². The summed E-state index contributed by atoms with van der Waals surface area (Å²) in [5.74, 6) is 0.763. The van der Waals surface area contributed by atoms with E-state index >= 15 is 0 Å². The van der Waals surface area contributed by atoms with Crippen molar-refractivity contribution in [3.05, 3.63) is 89.0 Å². The molecule has 1 fully saturated rings. The summed E-state index contributed by atoms with van der Waals surface area (Å²) in [6.45, 7) is 2.74. The maximum atomic E-state index is 12.9. The largest absolute Gasteiger partial charge is 0.497 e. The van der Waals surface area contributed by atoms with Gasteiger partial charge in [0.2, 0.25) is 0 Å². The van der Waals surface area contributed by atoms with Crippen LogP contribution in [0, 0.1) is 0 Å². The predicted octanol–water partition coefficient (Wildman–Crippen LogP) is 4.30. The van der Waals surface area contributed by atoms with E-state index in [0.717, 1.165) is 49.4 Å². The van der Waals surface area contributed by atoms with Crippen LogP contribution >= 0.6 is 0 Å². The molecular formula is C27H26N2O3. The van der Waals surface area contributed by atoms with Crippen LogP contribution in [0.1, 0.15) is 44.7 Å². The number of methoxy groups -OCH3 is 1. The van der Waals surface area contributed by atoms with Crippen LogP contribution in [0.15, 0.2) is 66.7 Å². The van der Waals surface area contributed by atoms with Crippen molar-refractivity contribution in [2.75, 3.05) is 20.2 Å². The highest BCUT2D eigenvalue weighted by Gasteiger charge is 2.28. The van der Waals surface area contributed by atoms with E-state index in [-0.39, 0.29) is 17.7 Å². The highest BCUT2D eigenvalue weighted by atomic mass is 16.5. The Kier molecular flexibility index (Phi) is 5.50. The Morgan fingerprint density at radius 1 is 0.938 bits per heavy atom. The maximum absolute atomic E-state index is 12.9. The van der Waals surface area contributed by atoms with E-state index in [1.807, 2.05) is 48.5 Å². The Morgan fingerprint density at radius 3 is 2.47 bits per heavy atom. The second kappa shape index (κ2) is 8.60. The van der Waals surface area contributed by atoms with Crippen molar-refractivity contribution in [3.63, 3.8) is 0 Å². The van der Waals surface area contributed by atoms with E-state index in [0.29, 0.717) is 16.7 Å². The first-order valence-corrected chi connectivity index (χ1v) is 11.1. The van der Waals surface area contributed by atoms with E-state index in [9.17, 15) is 9.59 Å². The fraction of sp³-hybridized carbons (Fsp3) is 0.259. The number of rotatable bonds is 5. The number of benzene rings is 3. The molecule has 0 atom stereocenters. The molecule has 1 heterocycles. The number of carbonyl (C=O) groups excluding carboxylic acids is 2. The molecule has 0 unspecified atom stereocenters. The van der Waals surface area contributed by atoms with Gasteiger partial charge in [-0.3, -0.25) is 14.5 Å². The minimum Gasteiger partial charge on any atom is -0.497 e. The number of carbonyl (C=O) groups is 2. The van der Waals surface area contributed by atoms with Gasteiger partial charge in [-0.2, -0.15) is 0 Å². The molecule has 0 bridgehead atoms. The van der Waals surface area contributed by atoms with Crippen molar-refractivity contribution in [2.24, 2.45) is 0 Å². The molecule has 32 heavy (non-hydrogen) atoms. The second-order valence-electron chi connectivity index (χ2n) is 8.51. The molecule has 3 aromatic carbocycles. The Balaban J connectivity index is 1.19. The zero-order valence-electron chi connectivity index (χ0n) is 18.1. The average Bonchev–Trinajstić information content (AvgIpc) is 3.12. The molecule has 1 saturated heterocycles. The quantitative estimate of drug-likeness (QED) is 0.517. The fourth-order valence-corrected chi connectivity index (χ4v) is 4.70. The first-order chi connectivity index (χ1) is 15.6. The summed E-state index contributed by atoms with van der Waals surface area (Å²) in [6.07, 6.45) is 1.82. The van der Waals surface area contributed by atoms with Crippen molar-refractivity contribution < 1.29 is 14.3 Å². The minimum atomic E-state index is -0.109. The lowest BCUT2D eigenvalue weighted by atomic mass is 10.0. The molecule has 0 spiro atoms. The van der Waals surface area contributed by atoms with E-state index in [2.05, 4.69) is 22.3 Å². The molecule has 2 aliphatic rings. The van der Waals surface area contributed by atoms with Crippen molar-refractivity contribution >= 4 is 11.7 Å². The lowest BCUT2D eigenvalue weighted by Gasteiger charge is -2.32. The van der Waals surface area contributed by atoms with Crippen molar-refractivity contribution in [2.45, 2.75) is 25.4 Å². The highest BCUT2D eigenvalue weighted by molar-refractivity contribution is 6.22. The number of nitrogens with one attached hydrogen (secondary N) is 1. The third kappa shape index (κ3) is 3.92. The van der Waals surface area contributed by atoms with Crippen LogP contribution in [0.4, 0.5) is 0 Å². The molecule has 1 amide bonds. The van der Waals surface area contributed by atoms with Gasteiger partial charge in [0.25, 0.3) is 5.91 Å². The van der Waals surface area contributed by atoms with Gasteiger partial charge in [-0.25, -0.2) is 0 Å². The summed E-state index contributed by atoms with van der Waals surface area (Å²) < 4.78 is 5.31. The zero-order chi connectivity index (χ0) is 22.1. The first-order valence-electron chi connectivity index (χ1n) is 11.1. The molecule has 1 N–H and O–H groups in total. The van der Waals surface area contributed by atoms with E-state index < -0.39 is 0 Å². The predicted molar refractivity (Wildman–Crippen MR) is 124 cm³/mol. The van der Waals surface area contributed by atoms with E-state index in [1.165, 1.54) is 5.56 Å². The third-order valence-electron chi connectivity index (χ3n) is 6.45. The van der Waals surface area contributed by atoms with Crippen LogP contribution in [0.5, 0.6) is 5.75 Å². The first kappa shape index (κ1) is 20.5. The monoisotopic (exact) mass is 426 g/mol. The molecule has 0 aromatic heterocycles. The lowest BCUT2D eigenvalue weighted by molar-refractivity contribution is 0.0909. The van der Waals surface area contributed by atoms with Crippen LogP contribution in [-0.2, 0) is 6.54 Å². The summed E-state index contributed by atoms with van der Waals surface area (Å²) in [6, 6.07) is 21.4. The second-order valence-corrected chi connectivity index (χ2v) is 8.51. The number of likely N-dealkylation sites (tertiary alicyclic amines) is 1. The molecule has 0 radical (unpaired) electrons. The van der Waals surface area contributed by atoms with Gasteiger partial charge < -0.3 is 10.1 Å². The third-order valence-corrected chi connectivity index (χ3v) is 6.45. The summed E-state index contributed by atoms with van der Waals surface area (Å²) in [4.78, 5) is 28.0. The van der Waals surface area contributed by atoms with Crippen molar-refractivity contribution in [3.8, 4) is 16.9 Å². The summed E-state index contributed by atoms with van der Waals surface area (Å²) in [5.41, 5.74) is 4.96. The van der Waals surface area contributed by atoms with Gasteiger partial charge in [0, 0.05) is 42.4 Å². The van der Waals surface area contributed by atoms with Gasteiger partial charge in [0.1, 0.15) is 5.75 Å². The van der Waals surface area contributed by atoms with Crippen molar-refractivity contribution in [1.29, 1.82) is 0 Å². The Labute approximate surface area is 188 Å². The SMILES string of the molecule is COc1cccc(CN2CCC(NC(=O)c3ccc4c(c3)C(=O)c3ccccc3-4)CC2)c1. The average molecular weight is 427 g/mol. The molecule has 5 heteroatoms. The van der Waals surface area contributed by atoms with Gasteiger partial charge in [-0.05, 0) is 53.8 Å². The fourth-order valence-electron chi connectivity index (χ4n) is 4.70. The van der Waals surface area contributed by atoms with Crippen molar-refractivity contribution in [1.82, 2.24) is 10.2 Å². The Morgan fingerprint density at radius 2 is 1.69 bits per heavy atom. The number of piperidine rings is 1. The maximum Gasteiger partial charge on any atom is 0.251 e. The summed E-state index contributed by atoms with van der Waals surface area (Å²) >= 11 is 0. The van der Waals surface area contributed by atoms with E-state index in [1.54, 1.807) is 13.2 Å². The van der Waals surface area contributed by atoms with Crippen LogP contribution < -0.4 is 10.1 Å². The van der Waals surface area contributed by atoms with Gasteiger partial charge in [-0.15, -0.1) is 0 Å². The standard InChI is InChI=1S/C27H26N2O3/c1-32-21-6-4-5-18(15-21)17-29-13-11-20(12-14-29)28-27(31)19-9-10-23-22-7-2-3-8-24(22)26(30)25(23)16-19/h2-10,15-16,20H,11-14,17H2,1H3,(H,28,31). The minimum absolute atomic E-state index is 0.00361. The van der Waals surface area contributed by atoms with Crippen LogP contribution in [0.25, 0.3) is 11.1 Å². The zero-order valence-corrected chi connectivity index (χ0v) is 18.1. The topological polar surface area (TPSA) is 58.6 Å². The number of ketones is 1. The molecular weight excluding hydrogens is 400 g/mol. The molecule has 5 rings (SSSR count). The number of ether oxygens (including phenoxy) is 1. The van der Waals surface area contributed by atoms with E-state index in [4.69, 9.17) is 4.74 Å². The lowest BCUT2D eigenvalue weighted by Crippen LogP contribution is -2.44. The van der Waals surface area contributed by atoms with Gasteiger partial charge in [0.15, 0.2) is 5.78 Å². The van der Waals surface area contributed by atoms with Gasteiger partial charge in [-0.1, -0.05) is 42.5 Å². The summed E-state index contributed by atoms with van der Waals surface area (Å²) in [5, 5.41) is 3.17. The van der Waals surface area contributed by atoms with Gasteiger partial charge in [0.05, 0.1) is 7.11 Å². The number of hydrogen-bond donors (Lipinski definition) is 1. The number of hydrogen-bond acceptors (Lipinski definition) is 4. The van der Waals surface area contributed by atoms with Crippen LogP contribution in [0.2, 0.25) is 0 Å². The molecule has 1 aliphatic heterocycles. The molecule has 3 aromatic rings. The van der Waals surface area contributed by atoms with Crippen LogP contribution in [0.3, 0.4) is 0 Å².